The molecule has 29 heavy (non-hydrogen) atoms. The second kappa shape index (κ2) is 7.92. The molecule has 0 heterocycles. The molecule has 0 aliphatic heterocycles. The minimum absolute atomic E-state index is 0.262. The van der Waals surface area contributed by atoms with Gasteiger partial charge in [0.2, 0.25) is 0 Å². The SMILES string of the molecule is C=Cc1cccc(-c2ccccc2N([Si](C)(C)C(C)(C)C)[Si](C)(C)C(C)(C)C)c1. The molecule has 2 aromatic carbocycles. The lowest BCUT2D eigenvalue weighted by Crippen LogP contribution is -2.69. The fourth-order valence-corrected chi connectivity index (χ4v) is 14.3. The Bertz CT molecular complexity index is 841. The Morgan fingerprint density at radius 3 is 1.76 bits per heavy atom. The van der Waals surface area contributed by atoms with Gasteiger partial charge in [-0.3, -0.25) is 0 Å². The minimum atomic E-state index is -1.83. The Hall–Kier alpha value is -1.59. The monoisotopic (exact) mass is 423 g/mol. The molecular formula is C26H41NSi2. The lowest BCUT2D eigenvalue weighted by molar-refractivity contribution is 0.695. The number of para-hydroxylation sites is 1. The van der Waals surface area contributed by atoms with E-state index in [1.54, 1.807) is 0 Å². The molecule has 2 rings (SSSR count). The molecule has 0 aliphatic carbocycles. The van der Waals surface area contributed by atoms with E-state index in [1.807, 2.05) is 6.08 Å². The van der Waals surface area contributed by atoms with Gasteiger partial charge in [-0.1, -0.05) is 117 Å². The molecule has 2 aromatic rings. The summed E-state index contributed by atoms with van der Waals surface area (Å²) in [5, 5.41) is 0.525. The molecule has 0 atom stereocenters. The second-order valence-electron chi connectivity index (χ2n) is 11.3. The van der Waals surface area contributed by atoms with Gasteiger partial charge in [0.05, 0.1) is 0 Å². The summed E-state index contributed by atoms with van der Waals surface area (Å²) in [4.78, 5) is 0. The van der Waals surface area contributed by atoms with E-state index in [9.17, 15) is 0 Å². The van der Waals surface area contributed by atoms with Crippen LogP contribution in [0.3, 0.4) is 0 Å². The van der Waals surface area contributed by atoms with Gasteiger partial charge in [-0.25, -0.2) is 0 Å². The highest BCUT2D eigenvalue weighted by Crippen LogP contribution is 2.50. The molecule has 0 aliphatic rings. The maximum absolute atomic E-state index is 3.97. The van der Waals surface area contributed by atoms with Crippen LogP contribution in [0.15, 0.2) is 55.1 Å². The zero-order valence-electron chi connectivity index (χ0n) is 20.4. The molecule has 0 saturated carbocycles. The van der Waals surface area contributed by atoms with E-state index in [2.05, 4.69) is 127 Å². The fraction of sp³-hybridized carbons (Fsp3) is 0.462. The van der Waals surface area contributed by atoms with Gasteiger partial charge in [-0.05, 0) is 33.3 Å². The summed E-state index contributed by atoms with van der Waals surface area (Å²) >= 11 is 0. The first-order chi connectivity index (χ1) is 13.1. The maximum atomic E-state index is 3.97. The summed E-state index contributed by atoms with van der Waals surface area (Å²) in [5.74, 6) is 0. The molecule has 1 nitrogen and oxygen atoms in total. The van der Waals surface area contributed by atoms with E-state index in [4.69, 9.17) is 0 Å². The van der Waals surface area contributed by atoms with Crippen LogP contribution < -0.4 is 4.23 Å². The van der Waals surface area contributed by atoms with Gasteiger partial charge in [0.1, 0.15) is 16.5 Å². The normalized spacial score (nSPS) is 13.3. The van der Waals surface area contributed by atoms with E-state index in [0.29, 0.717) is 0 Å². The molecule has 0 bridgehead atoms. The van der Waals surface area contributed by atoms with Gasteiger partial charge in [0, 0.05) is 11.3 Å². The van der Waals surface area contributed by atoms with Gasteiger partial charge in [0.25, 0.3) is 0 Å². The van der Waals surface area contributed by atoms with Crippen molar-refractivity contribution in [2.45, 2.75) is 77.8 Å². The smallest absolute Gasteiger partial charge is 0.147 e. The van der Waals surface area contributed by atoms with Crippen LogP contribution in [-0.2, 0) is 0 Å². The van der Waals surface area contributed by atoms with E-state index in [0.717, 1.165) is 0 Å². The summed E-state index contributed by atoms with van der Waals surface area (Å²) in [6.45, 7) is 28.8. The third kappa shape index (κ3) is 4.46. The lowest BCUT2D eigenvalue weighted by atomic mass is 10.0. The van der Waals surface area contributed by atoms with Crippen molar-refractivity contribution >= 4 is 28.2 Å². The van der Waals surface area contributed by atoms with E-state index >= 15 is 0 Å². The largest absolute Gasteiger partial charge is 0.423 e. The number of hydrogen-bond donors (Lipinski definition) is 0. The van der Waals surface area contributed by atoms with Gasteiger partial charge in [0.15, 0.2) is 0 Å². The molecule has 0 N–H and O–H groups in total. The van der Waals surface area contributed by atoms with Crippen LogP contribution in [0.25, 0.3) is 17.2 Å². The van der Waals surface area contributed by atoms with Crippen molar-refractivity contribution in [3.63, 3.8) is 0 Å². The van der Waals surface area contributed by atoms with Crippen molar-refractivity contribution in [3.8, 4) is 11.1 Å². The number of anilines is 1. The molecule has 0 unspecified atom stereocenters. The van der Waals surface area contributed by atoms with Gasteiger partial charge >= 0.3 is 0 Å². The Labute approximate surface area is 182 Å². The third-order valence-electron chi connectivity index (χ3n) is 7.37. The predicted molar refractivity (Wildman–Crippen MR) is 139 cm³/mol. The quantitative estimate of drug-likeness (QED) is 0.434. The molecule has 0 spiro atoms. The third-order valence-corrected chi connectivity index (χ3v) is 20.8. The summed E-state index contributed by atoms with van der Waals surface area (Å²) in [5.41, 5.74) is 5.20. The first-order valence-electron chi connectivity index (χ1n) is 10.8. The molecule has 0 amide bonds. The summed E-state index contributed by atoms with van der Waals surface area (Å²) in [7, 11) is -3.66. The zero-order chi connectivity index (χ0) is 22.3. The Morgan fingerprint density at radius 2 is 1.28 bits per heavy atom. The van der Waals surface area contributed by atoms with E-state index < -0.39 is 16.5 Å². The second-order valence-corrected chi connectivity index (χ2v) is 21.9. The topological polar surface area (TPSA) is 3.24 Å². The van der Waals surface area contributed by atoms with Crippen molar-refractivity contribution in [1.82, 2.24) is 0 Å². The number of rotatable bonds is 5. The van der Waals surface area contributed by atoms with Gasteiger partial charge in [-0.2, -0.15) is 0 Å². The highest BCUT2D eigenvalue weighted by Gasteiger charge is 2.52. The average Bonchev–Trinajstić information content (AvgIpc) is 2.60. The minimum Gasteiger partial charge on any atom is -0.423 e. The van der Waals surface area contributed by atoms with E-state index in [-0.39, 0.29) is 10.1 Å². The molecular weight excluding hydrogens is 382 g/mol. The Kier molecular flexibility index (Phi) is 6.47. The summed E-state index contributed by atoms with van der Waals surface area (Å²) in [6.07, 6.45) is 1.94. The predicted octanol–water partition coefficient (Wildman–Crippen LogP) is 8.81. The molecule has 0 radical (unpaired) electrons. The van der Waals surface area contributed by atoms with Crippen LogP contribution in [0.2, 0.25) is 36.3 Å². The van der Waals surface area contributed by atoms with Crippen LogP contribution in [0.5, 0.6) is 0 Å². The number of hydrogen-bond acceptors (Lipinski definition) is 1. The first-order valence-corrected chi connectivity index (χ1v) is 16.7. The Balaban J connectivity index is 2.85. The maximum Gasteiger partial charge on any atom is 0.147 e. The van der Waals surface area contributed by atoms with Crippen LogP contribution in [0.4, 0.5) is 5.69 Å². The average molecular weight is 424 g/mol. The van der Waals surface area contributed by atoms with E-state index in [1.165, 1.54) is 22.4 Å². The highest BCUT2D eigenvalue weighted by atomic mass is 28.4. The van der Waals surface area contributed by atoms with Crippen molar-refractivity contribution in [1.29, 1.82) is 0 Å². The molecule has 0 aromatic heterocycles. The molecule has 158 valence electrons. The van der Waals surface area contributed by atoms with Crippen LogP contribution in [0.1, 0.15) is 47.1 Å². The standard InChI is InChI=1S/C26H41NSi2/c1-12-21-16-15-17-22(20-21)23-18-13-14-19-24(23)27(28(8,9)25(2,3)4)29(10,11)26(5,6)7/h12-20H,1H2,2-11H3. The Morgan fingerprint density at radius 1 is 0.759 bits per heavy atom. The van der Waals surface area contributed by atoms with Crippen LogP contribution in [-0.4, -0.2) is 16.5 Å². The van der Waals surface area contributed by atoms with Crippen molar-refractivity contribution in [2.75, 3.05) is 4.23 Å². The lowest BCUT2D eigenvalue weighted by Gasteiger charge is -2.58. The van der Waals surface area contributed by atoms with Crippen molar-refractivity contribution in [3.05, 3.63) is 60.7 Å². The van der Waals surface area contributed by atoms with Crippen molar-refractivity contribution in [2.24, 2.45) is 0 Å². The highest BCUT2D eigenvalue weighted by molar-refractivity contribution is 7.02. The summed E-state index contributed by atoms with van der Waals surface area (Å²) < 4.78 is 2.95. The first kappa shape index (κ1) is 23.7. The van der Waals surface area contributed by atoms with Crippen molar-refractivity contribution < 1.29 is 0 Å². The summed E-state index contributed by atoms with van der Waals surface area (Å²) in [6, 6.07) is 17.8. The molecule has 0 saturated heterocycles. The van der Waals surface area contributed by atoms with Crippen LogP contribution >= 0.6 is 0 Å². The zero-order valence-corrected chi connectivity index (χ0v) is 22.4. The molecule has 0 fully saturated rings. The molecule has 3 heteroatoms. The number of benzene rings is 2. The number of nitrogens with zero attached hydrogens (tertiary/aromatic N) is 1. The van der Waals surface area contributed by atoms with Gasteiger partial charge in [-0.15, -0.1) is 0 Å². The van der Waals surface area contributed by atoms with Crippen LogP contribution in [0, 0.1) is 0 Å². The van der Waals surface area contributed by atoms with Gasteiger partial charge < -0.3 is 4.23 Å². The fourth-order valence-electron chi connectivity index (χ4n) is 3.72.